The van der Waals surface area contributed by atoms with E-state index in [1.807, 2.05) is 24.3 Å². The summed E-state index contributed by atoms with van der Waals surface area (Å²) < 4.78 is 32.8. The molecule has 0 aliphatic heterocycles. The highest BCUT2D eigenvalue weighted by Gasteiger charge is 2.21. The van der Waals surface area contributed by atoms with Gasteiger partial charge in [0.2, 0.25) is 10.0 Å². The quantitative estimate of drug-likeness (QED) is 0.774. The molecule has 6 nitrogen and oxygen atoms in total. The summed E-state index contributed by atoms with van der Waals surface area (Å²) in [5.41, 5.74) is 2.08. The largest absolute Gasteiger partial charge is 0.494 e. The minimum absolute atomic E-state index is 0.237. The Kier molecular flexibility index (Phi) is 5.79. The van der Waals surface area contributed by atoms with Crippen LogP contribution in [0.3, 0.4) is 0 Å². The van der Waals surface area contributed by atoms with Gasteiger partial charge < -0.3 is 4.74 Å². The van der Waals surface area contributed by atoms with Crippen LogP contribution in [0.1, 0.15) is 30.3 Å². The average Bonchev–Trinajstić information content (AvgIpc) is 2.86. The minimum atomic E-state index is -3.54. The monoisotopic (exact) mass is 337 g/mol. The summed E-state index contributed by atoms with van der Waals surface area (Å²) in [5, 5.41) is 6.62. The lowest BCUT2D eigenvalue weighted by Crippen LogP contribution is -2.26. The normalized spacial score (nSPS) is 11.6. The number of aromatic nitrogens is 2. The van der Waals surface area contributed by atoms with E-state index in [1.54, 1.807) is 13.8 Å². The van der Waals surface area contributed by atoms with E-state index in [9.17, 15) is 8.42 Å². The number of rotatable bonds is 8. The molecule has 0 fully saturated rings. The van der Waals surface area contributed by atoms with E-state index in [1.165, 1.54) is 0 Å². The summed E-state index contributed by atoms with van der Waals surface area (Å²) in [4.78, 5) is 0.237. The van der Waals surface area contributed by atoms with E-state index in [0.29, 0.717) is 31.0 Å². The Morgan fingerprint density at radius 3 is 2.48 bits per heavy atom. The summed E-state index contributed by atoms with van der Waals surface area (Å²) in [5.74, 6) is 0.834. The van der Waals surface area contributed by atoms with Crippen LogP contribution in [-0.4, -0.2) is 31.8 Å². The van der Waals surface area contributed by atoms with Gasteiger partial charge >= 0.3 is 0 Å². The van der Waals surface area contributed by atoms with Gasteiger partial charge in [-0.25, -0.2) is 13.1 Å². The van der Waals surface area contributed by atoms with Crippen molar-refractivity contribution in [1.82, 2.24) is 14.9 Å². The zero-order chi connectivity index (χ0) is 16.9. The summed E-state index contributed by atoms with van der Waals surface area (Å²) in [6, 6.07) is 7.72. The van der Waals surface area contributed by atoms with Crippen molar-refractivity contribution in [3.63, 3.8) is 0 Å². The van der Waals surface area contributed by atoms with Gasteiger partial charge in [-0.05, 0) is 44.4 Å². The van der Waals surface area contributed by atoms with Crippen LogP contribution in [0, 0.1) is 13.8 Å². The molecular weight excluding hydrogens is 314 g/mol. The molecule has 0 unspecified atom stereocenters. The predicted molar refractivity (Wildman–Crippen MR) is 89.2 cm³/mol. The lowest BCUT2D eigenvalue weighted by atomic mass is 10.1. The number of H-pyrrole nitrogens is 1. The van der Waals surface area contributed by atoms with E-state index in [0.717, 1.165) is 17.7 Å². The van der Waals surface area contributed by atoms with Crippen molar-refractivity contribution in [1.29, 1.82) is 0 Å². The fraction of sp³-hybridized carbons (Fsp3) is 0.438. The van der Waals surface area contributed by atoms with Gasteiger partial charge in [-0.2, -0.15) is 5.10 Å². The molecule has 2 N–H and O–H groups in total. The molecule has 2 aromatic rings. The molecule has 126 valence electrons. The third-order valence-corrected chi connectivity index (χ3v) is 5.15. The zero-order valence-corrected chi connectivity index (χ0v) is 14.5. The van der Waals surface area contributed by atoms with Crippen LogP contribution >= 0.6 is 0 Å². The molecule has 1 aromatic carbocycles. The van der Waals surface area contributed by atoms with Gasteiger partial charge in [-0.3, -0.25) is 5.10 Å². The van der Waals surface area contributed by atoms with Crippen molar-refractivity contribution >= 4 is 10.0 Å². The van der Waals surface area contributed by atoms with Crippen LogP contribution in [0.5, 0.6) is 5.75 Å². The van der Waals surface area contributed by atoms with Gasteiger partial charge in [-0.15, -0.1) is 0 Å². The topological polar surface area (TPSA) is 84.1 Å². The van der Waals surface area contributed by atoms with Gasteiger partial charge in [-0.1, -0.05) is 19.1 Å². The maximum absolute atomic E-state index is 12.3. The second-order valence-corrected chi connectivity index (χ2v) is 7.11. The second-order valence-electron chi connectivity index (χ2n) is 5.40. The predicted octanol–water partition coefficient (Wildman–Crippen LogP) is 2.34. The Labute approximate surface area is 137 Å². The van der Waals surface area contributed by atoms with Crippen LogP contribution in [0.4, 0.5) is 0 Å². The van der Waals surface area contributed by atoms with Crippen molar-refractivity contribution in [2.75, 3.05) is 13.2 Å². The smallest absolute Gasteiger partial charge is 0.244 e. The third-order valence-electron chi connectivity index (χ3n) is 3.43. The SMILES string of the molecule is CCCOc1ccc(CCNS(=O)(=O)c2c(C)n[nH]c2C)cc1. The lowest BCUT2D eigenvalue weighted by Gasteiger charge is -2.08. The molecule has 0 saturated carbocycles. The molecule has 0 amide bonds. The van der Waals surface area contributed by atoms with Crippen molar-refractivity contribution in [2.24, 2.45) is 0 Å². The number of hydrogen-bond acceptors (Lipinski definition) is 4. The summed E-state index contributed by atoms with van der Waals surface area (Å²) in [6.45, 7) is 6.46. The Balaban J connectivity index is 1.92. The molecule has 0 aliphatic carbocycles. The number of hydrogen-bond donors (Lipinski definition) is 2. The number of sulfonamides is 1. The molecule has 2 rings (SSSR count). The van der Waals surface area contributed by atoms with Gasteiger partial charge in [0, 0.05) is 6.54 Å². The molecule has 0 saturated heterocycles. The van der Waals surface area contributed by atoms with Crippen molar-refractivity contribution in [3.8, 4) is 5.75 Å². The van der Waals surface area contributed by atoms with E-state index in [4.69, 9.17) is 4.74 Å². The Morgan fingerprint density at radius 1 is 1.22 bits per heavy atom. The van der Waals surface area contributed by atoms with Gasteiger partial charge in [0.05, 0.1) is 18.0 Å². The highest BCUT2D eigenvalue weighted by atomic mass is 32.2. The van der Waals surface area contributed by atoms with Crippen LogP contribution in [-0.2, 0) is 16.4 Å². The molecule has 7 heteroatoms. The van der Waals surface area contributed by atoms with E-state index >= 15 is 0 Å². The molecule has 0 atom stereocenters. The Bertz CT molecular complexity index is 717. The standard InChI is InChI=1S/C16H23N3O3S/c1-4-11-22-15-7-5-14(6-8-15)9-10-17-23(20,21)16-12(2)18-19-13(16)3/h5-8,17H,4,9-11H2,1-3H3,(H,18,19). The van der Waals surface area contributed by atoms with E-state index in [-0.39, 0.29) is 4.90 Å². The van der Waals surface area contributed by atoms with E-state index in [2.05, 4.69) is 21.8 Å². The fourth-order valence-corrected chi connectivity index (χ4v) is 3.71. The third kappa shape index (κ3) is 4.56. The first-order valence-electron chi connectivity index (χ1n) is 7.67. The Morgan fingerprint density at radius 2 is 1.91 bits per heavy atom. The number of ether oxygens (including phenoxy) is 1. The Hall–Kier alpha value is -1.86. The molecule has 0 aliphatic rings. The van der Waals surface area contributed by atoms with E-state index < -0.39 is 10.0 Å². The van der Waals surface area contributed by atoms with Crippen LogP contribution in [0.25, 0.3) is 0 Å². The molecule has 1 heterocycles. The maximum atomic E-state index is 12.3. The van der Waals surface area contributed by atoms with Gasteiger partial charge in [0.15, 0.2) is 0 Å². The van der Waals surface area contributed by atoms with Gasteiger partial charge in [0.25, 0.3) is 0 Å². The molecular formula is C16H23N3O3S. The summed E-state index contributed by atoms with van der Waals surface area (Å²) >= 11 is 0. The minimum Gasteiger partial charge on any atom is -0.494 e. The lowest BCUT2D eigenvalue weighted by molar-refractivity contribution is 0.317. The van der Waals surface area contributed by atoms with Crippen LogP contribution in [0.2, 0.25) is 0 Å². The number of nitrogens with zero attached hydrogens (tertiary/aromatic N) is 1. The summed E-state index contributed by atoms with van der Waals surface area (Å²) in [7, 11) is -3.54. The van der Waals surface area contributed by atoms with Crippen molar-refractivity contribution < 1.29 is 13.2 Å². The van der Waals surface area contributed by atoms with Crippen LogP contribution < -0.4 is 9.46 Å². The van der Waals surface area contributed by atoms with Crippen LogP contribution in [0.15, 0.2) is 29.2 Å². The molecule has 23 heavy (non-hydrogen) atoms. The number of aryl methyl sites for hydroxylation is 2. The fourth-order valence-electron chi connectivity index (χ4n) is 2.31. The first-order valence-corrected chi connectivity index (χ1v) is 9.15. The summed E-state index contributed by atoms with van der Waals surface area (Å²) in [6.07, 6.45) is 1.58. The highest BCUT2D eigenvalue weighted by molar-refractivity contribution is 7.89. The molecule has 0 bridgehead atoms. The van der Waals surface area contributed by atoms with Crippen molar-refractivity contribution in [3.05, 3.63) is 41.2 Å². The second kappa shape index (κ2) is 7.61. The average molecular weight is 337 g/mol. The number of aromatic amines is 1. The van der Waals surface area contributed by atoms with Gasteiger partial charge in [0.1, 0.15) is 10.6 Å². The molecule has 0 radical (unpaired) electrons. The zero-order valence-electron chi connectivity index (χ0n) is 13.7. The molecule has 0 spiro atoms. The first-order chi connectivity index (χ1) is 10.9. The number of nitrogens with one attached hydrogen (secondary N) is 2. The van der Waals surface area contributed by atoms with Crippen molar-refractivity contribution in [2.45, 2.75) is 38.5 Å². The molecule has 1 aromatic heterocycles. The number of benzene rings is 1. The maximum Gasteiger partial charge on any atom is 0.244 e. The first kappa shape index (κ1) is 17.5. The highest BCUT2D eigenvalue weighted by Crippen LogP contribution is 2.16.